The number of thioether (sulfide) groups is 1. The first-order valence-corrected chi connectivity index (χ1v) is 9.12. The third-order valence-electron chi connectivity index (χ3n) is 2.34. The number of benzene rings is 1. The summed E-state index contributed by atoms with van der Waals surface area (Å²) in [6.07, 6.45) is 0. The van der Waals surface area contributed by atoms with Gasteiger partial charge in [-0.15, -0.1) is 10.2 Å². The molecule has 0 fully saturated rings. The molecule has 116 valence electrons. The second-order valence-electron chi connectivity index (χ2n) is 3.97. The number of nitro groups is 1. The first-order chi connectivity index (χ1) is 10.4. The van der Waals surface area contributed by atoms with Crippen molar-refractivity contribution in [2.75, 3.05) is 11.1 Å². The average Bonchev–Trinajstić information content (AvgIpc) is 2.86. The van der Waals surface area contributed by atoms with Crippen molar-refractivity contribution in [1.29, 1.82) is 0 Å². The number of hydrogen-bond acceptors (Lipinski definition) is 7. The molecule has 0 unspecified atom stereocenters. The molecular weight excluding hydrogens is 460 g/mol. The number of amides is 1. The van der Waals surface area contributed by atoms with E-state index in [9.17, 15) is 14.9 Å². The summed E-state index contributed by atoms with van der Waals surface area (Å²) in [6, 6.07) is 2.67. The molecule has 1 amide bonds. The lowest BCUT2D eigenvalue weighted by molar-refractivity contribution is -0.385. The van der Waals surface area contributed by atoms with Crippen LogP contribution in [0.2, 0.25) is 0 Å². The molecule has 7 nitrogen and oxygen atoms in total. The van der Waals surface area contributed by atoms with E-state index in [0.717, 1.165) is 9.35 Å². The molecule has 0 aliphatic carbocycles. The monoisotopic (exact) mass is 466 g/mol. The number of non-ortho nitro benzene ring substituents is 1. The lowest BCUT2D eigenvalue weighted by atomic mass is 10.3. The molecule has 0 saturated heterocycles. The number of nitrogens with one attached hydrogen (secondary N) is 1. The van der Waals surface area contributed by atoms with Crippen LogP contribution in [0.1, 0.15) is 5.01 Å². The first kappa shape index (κ1) is 17.3. The van der Waals surface area contributed by atoms with E-state index in [0.29, 0.717) is 14.6 Å². The van der Waals surface area contributed by atoms with Crippen LogP contribution in [0.4, 0.5) is 11.4 Å². The van der Waals surface area contributed by atoms with E-state index in [1.165, 1.54) is 35.2 Å². The summed E-state index contributed by atoms with van der Waals surface area (Å²) in [7, 11) is 0. The molecule has 1 heterocycles. The molecule has 0 spiro atoms. The molecule has 0 saturated carbocycles. The number of halogens is 2. The van der Waals surface area contributed by atoms with Crippen molar-refractivity contribution in [2.45, 2.75) is 11.3 Å². The zero-order valence-corrected chi connectivity index (χ0v) is 15.8. The largest absolute Gasteiger partial charge is 0.323 e. The molecule has 0 radical (unpaired) electrons. The number of hydrogen-bond donors (Lipinski definition) is 1. The molecule has 0 aliphatic heterocycles. The Bertz CT molecular complexity index is 715. The molecule has 1 N–H and O–H groups in total. The summed E-state index contributed by atoms with van der Waals surface area (Å²) in [4.78, 5) is 22.2. The predicted molar refractivity (Wildman–Crippen MR) is 92.5 cm³/mol. The molecule has 11 heteroatoms. The molecular formula is C11H8Br2N4O3S2. The van der Waals surface area contributed by atoms with Crippen molar-refractivity contribution >= 4 is 72.2 Å². The molecule has 2 rings (SSSR count). The van der Waals surface area contributed by atoms with E-state index in [2.05, 4.69) is 47.4 Å². The zero-order chi connectivity index (χ0) is 16.3. The average molecular weight is 468 g/mol. The van der Waals surface area contributed by atoms with Crippen molar-refractivity contribution in [3.8, 4) is 0 Å². The van der Waals surface area contributed by atoms with Crippen LogP contribution >= 0.6 is 55.0 Å². The fourth-order valence-electron chi connectivity index (χ4n) is 1.42. The number of nitro benzene ring substituents is 1. The summed E-state index contributed by atoms with van der Waals surface area (Å²) in [5.74, 6) is -0.0714. The Morgan fingerprint density at radius 1 is 1.41 bits per heavy atom. The fourth-order valence-corrected chi connectivity index (χ4v) is 4.40. The van der Waals surface area contributed by atoms with Gasteiger partial charge >= 0.3 is 0 Å². The van der Waals surface area contributed by atoms with Gasteiger partial charge in [-0.3, -0.25) is 14.9 Å². The van der Waals surface area contributed by atoms with Gasteiger partial charge in [0.05, 0.1) is 16.4 Å². The van der Waals surface area contributed by atoms with Crippen LogP contribution in [0.5, 0.6) is 0 Å². The number of aromatic nitrogens is 2. The molecule has 0 atom stereocenters. The van der Waals surface area contributed by atoms with Gasteiger partial charge in [0.25, 0.3) is 5.69 Å². The van der Waals surface area contributed by atoms with Crippen molar-refractivity contribution in [3.05, 3.63) is 36.2 Å². The van der Waals surface area contributed by atoms with Gasteiger partial charge in [0.15, 0.2) is 4.34 Å². The van der Waals surface area contributed by atoms with Crippen LogP contribution in [0.3, 0.4) is 0 Å². The normalized spacial score (nSPS) is 10.5. The third-order valence-corrected chi connectivity index (χ3v) is 5.56. The van der Waals surface area contributed by atoms with Crippen LogP contribution in [-0.4, -0.2) is 26.8 Å². The second kappa shape index (κ2) is 7.49. The molecule has 1 aromatic heterocycles. The number of nitrogens with zero attached hydrogens (tertiary/aromatic N) is 3. The van der Waals surface area contributed by atoms with Crippen molar-refractivity contribution in [2.24, 2.45) is 0 Å². The van der Waals surface area contributed by atoms with Gasteiger partial charge in [-0.2, -0.15) is 0 Å². The molecule has 2 aromatic rings. The maximum absolute atomic E-state index is 12.0. The van der Waals surface area contributed by atoms with Crippen LogP contribution in [0.25, 0.3) is 0 Å². The summed E-state index contributed by atoms with van der Waals surface area (Å²) in [5.41, 5.74) is 0.375. The number of anilines is 1. The highest BCUT2D eigenvalue weighted by molar-refractivity contribution is 9.11. The fraction of sp³-hybridized carbons (Fsp3) is 0.182. The van der Waals surface area contributed by atoms with Gasteiger partial charge in [0.1, 0.15) is 5.01 Å². The summed E-state index contributed by atoms with van der Waals surface area (Å²) < 4.78 is 1.58. The molecule has 22 heavy (non-hydrogen) atoms. The number of carbonyl (C=O) groups excluding carboxylic acids is 1. The highest BCUT2D eigenvalue weighted by Crippen LogP contribution is 2.35. The predicted octanol–water partition coefficient (Wildman–Crippen LogP) is 4.01. The second-order valence-corrected chi connectivity index (χ2v) is 8.08. The van der Waals surface area contributed by atoms with E-state index >= 15 is 0 Å². The topological polar surface area (TPSA) is 98.0 Å². The van der Waals surface area contributed by atoms with Gasteiger partial charge in [-0.25, -0.2) is 0 Å². The van der Waals surface area contributed by atoms with Gasteiger partial charge < -0.3 is 5.32 Å². The Morgan fingerprint density at radius 2 is 2.05 bits per heavy atom. The number of carbonyl (C=O) groups is 1. The SMILES string of the molecule is Cc1nnc(SCC(=O)Nc2c(Br)cc([N+](=O)[O-])cc2Br)s1. The summed E-state index contributed by atoms with van der Waals surface area (Å²) >= 11 is 9.13. The molecule has 1 aromatic carbocycles. The maximum Gasteiger partial charge on any atom is 0.271 e. The summed E-state index contributed by atoms with van der Waals surface area (Å²) in [6.45, 7) is 1.84. The Morgan fingerprint density at radius 3 is 2.55 bits per heavy atom. The quantitative estimate of drug-likeness (QED) is 0.405. The standard InChI is InChI=1S/C11H8Br2N4O3S2/c1-5-15-16-11(22-5)21-4-9(18)14-10-7(12)2-6(17(19)20)3-8(10)13/h2-3H,4H2,1H3,(H,14,18). The number of aryl methyl sites for hydroxylation is 1. The van der Waals surface area contributed by atoms with Gasteiger partial charge in [-0.05, 0) is 38.8 Å². The summed E-state index contributed by atoms with van der Waals surface area (Å²) in [5, 5.41) is 22.1. The molecule has 0 aliphatic rings. The van der Waals surface area contributed by atoms with Crippen LogP contribution < -0.4 is 5.32 Å². The minimum atomic E-state index is -0.505. The van der Waals surface area contributed by atoms with Crippen LogP contribution in [0, 0.1) is 17.0 Å². The van der Waals surface area contributed by atoms with E-state index in [1.54, 1.807) is 0 Å². The van der Waals surface area contributed by atoms with Gasteiger partial charge in [0, 0.05) is 21.1 Å². The Hall–Kier alpha value is -1.04. The molecule has 0 bridgehead atoms. The minimum Gasteiger partial charge on any atom is -0.323 e. The van der Waals surface area contributed by atoms with Gasteiger partial charge in [-0.1, -0.05) is 23.1 Å². The minimum absolute atomic E-state index is 0.0736. The zero-order valence-electron chi connectivity index (χ0n) is 11.0. The van der Waals surface area contributed by atoms with E-state index in [-0.39, 0.29) is 17.3 Å². The lowest BCUT2D eigenvalue weighted by Crippen LogP contribution is -2.15. The van der Waals surface area contributed by atoms with E-state index in [1.807, 2.05) is 6.92 Å². The van der Waals surface area contributed by atoms with Crippen molar-refractivity contribution in [1.82, 2.24) is 10.2 Å². The highest BCUT2D eigenvalue weighted by atomic mass is 79.9. The number of rotatable bonds is 5. The lowest BCUT2D eigenvalue weighted by Gasteiger charge is -2.09. The van der Waals surface area contributed by atoms with Crippen LogP contribution in [0.15, 0.2) is 25.4 Å². The van der Waals surface area contributed by atoms with Crippen molar-refractivity contribution < 1.29 is 9.72 Å². The Kier molecular flexibility index (Phi) is 5.89. The van der Waals surface area contributed by atoms with Gasteiger partial charge in [0.2, 0.25) is 5.91 Å². The first-order valence-electron chi connectivity index (χ1n) is 5.73. The maximum atomic E-state index is 12.0. The van der Waals surface area contributed by atoms with E-state index < -0.39 is 4.92 Å². The Labute approximate surface area is 150 Å². The smallest absolute Gasteiger partial charge is 0.271 e. The van der Waals surface area contributed by atoms with Crippen LogP contribution in [-0.2, 0) is 4.79 Å². The van der Waals surface area contributed by atoms with E-state index in [4.69, 9.17) is 0 Å². The Balaban J connectivity index is 2.03. The van der Waals surface area contributed by atoms with Crippen molar-refractivity contribution in [3.63, 3.8) is 0 Å². The third kappa shape index (κ3) is 4.48. The highest BCUT2D eigenvalue weighted by Gasteiger charge is 2.16.